The van der Waals surface area contributed by atoms with E-state index in [2.05, 4.69) is 16.0 Å². The minimum absolute atomic E-state index is 0.0762. The number of carbonyl (C=O) groups excluding carboxylic acids is 6. The van der Waals surface area contributed by atoms with Gasteiger partial charge in [-0.25, -0.2) is 4.79 Å². The van der Waals surface area contributed by atoms with Gasteiger partial charge in [-0.2, -0.15) is 0 Å². The van der Waals surface area contributed by atoms with E-state index in [-0.39, 0.29) is 31.0 Å². The Bertz CT molecular complexity index is 1390. The highest BCUT2D eigenvalue weighted by atomic mass is 16.7. The second-order valence-electron chi connectivity index (χ2n) is 9.01. The van der Waals surface area contributed by atoms with Crippen molar-refractivity contribution in [1.82, 2.24) is 15.5 Å². The number of non-ortho nitro benzene ring substituents is 1. The summed E-state index contributed by atoms with van der Waals surface area (Å²) in [7, 11) is 0. The minimum atomic E-state index is -1.01. The van der Waals surface area contributed by atoms with Crippen molar-refractivity contribution in [2.75, 3.05) is 11.9 Å². The zero-order valence-electron chi connectivity index (χ0n) is 22.5. The summed E-state index contributed by atoms with van der Waals surface area (Å²) < 4.78 is 9.97. The lowest BCUT2D eigenvalue weighted by atomic mass is 10.2. The maximum atomic E-state index is 12.5. The van der Waals surface area contributed by atoms with Crippen LogP contribution >= 0.6 is 0 Å². The van der Waals surface area contributed by atoms with Gasteiger partial charge in [0.15, 0.2) is 0 Å². The first-order chi connectivity index (χ1) is 19.9. The van der Waals surface area contributed by atoms with Crippen molar-refractivity contribution in [2.45, 2.75) is 39.0 Å². The fraction of sp³-hybridized carbons (Fsp3) is 0.259. The fourth-order valence-corrected chi connectivity index (χ4v) is 3.49. The number of carbonyl (C=O) groups is 6. The van der Waals surface area contributed by atoms with E-state index in [0.29, 0.717) is 11.3 Å². The van der Waals surface area contributed by atoms with Gasteiger partial charge in [0.25, 0.3) is 17.5 Å². The van der Waals surface area contributed by atoms with E-state index in [1.165, 1.54) is 38.1 Å². The van der Waals surface area contributed by atoms with Crippen molar-refractivity contribution in [3.05, 3.63) is 76.4 Å². The molecule has 42 heavy (non-hydrogen) atoms. The summed E-state index contributed by atoms with van der Waals surface area (Å²) in [5.74, 6) is -2.64. The standard InChI is InChI=1S/C27H27N5O10/c1-16(28-22(33)13-14-31-23(34)11-12-24(31)35)25(36)29-17(2)26(37)30-19-5-3-18(4-6-19)15-41-27(38)42-21-9-7-20(8-10-21)32(39)40/h3-12,16-17H,13-15H2,1-2H3,(H,28,33)(H,29,36)(H,30,37)/t16-,17-/m0/s1. The molecule has 15 heteroatoms. The molecule has 5 amide bonds. The van der Waals surface area contributed by atoms with Crippen LogP contribution in [0.5, 0.6) is 5.75 Å². The molecule has 220 valence electrons. The molecule has 0 spiro atoms. The van der Waals surface area contributed by atoms with Crippen molar-refractivity contribution in [1.29, 1.82) is 0 Å². The summed E-state index contributed by atoms with van der Waals surface area (Å²) in [6.07, 6.45) is 1.02. The van der Waals surface area contributed by atoms with E-state index in [1.54, 1.807) is 24.3 Å². The fourth-order valence-electron chi connectivity index (χ4n) is 3.49. The third kappa shape index (κ3) is 8.97. The predicted octanol–water partition coefficient (Wildman–Crippen LogP) is 1.57. The van der Waals surface area contributed by atoms with E-state index in [9.17, 15) is 38.9 Å². The molecule has 2 atom stereocenters. The number of hydrogen-bond acceptors (Lipinski definition) is 10. The largest absolute Gasteiger partial charge is 0.514 e. The molecule has 1 heterocycles. The molecule has 1 aliphatic rings. The molecule has 15 nitrogen and oxygen atoms in total. The number of ether oxygens (including phenoxy) is 2. The maximum Gasteiger partial charge on any atom is 0.514 e. The van der Waals surface area contributed by atoms with E-state index in [4.69, 9.17) is 9.47 Å². The number of imide groups is 1. The van der Waals surface area contributed by atoms with Gasteiger partial charge in [-0.1, -0.05) is 12.1 Å². The highest BCUT2D eigenvalue weighted by Gasteiger charge is 2.25. The Hall–Kier alpha value is -5.60. The normalized spacial score (nSPS) is 13.6. The van der Waals surface area contributed by atoms with E-state index < -0.39 is 52.7 Å². The molecule has 0 aliphatic carbocycles. The molecule has 1 aliphatic heterocycles. The molecular weight excluding hydrogens is 554 g/mol. The highest BCUT2D eigenvalue weighted by molar-refractivity contribution is 6.13. The van der Waals surface area contributed by atoms with Crippen LogP contribution in [0.4, 0.5) is 16.2 Å². The summed E-state index contributed by atoms with van der Waals surface area (Å²) in [6, 6.07) is 9.25. The molecule has 0 fully saturated rings. The van der Waals surface area contributed by atoms with Gasteiger partial charge < -0.3 is 25.4 Å². The third-order valence-electron chi connectivity index (χ3n) is 5.81. The molecule has 0 bridgehead atoms. The lowest BCUT2D eigenvalue weighted by Crippen LogP contribution is -2.50. The molecule has 0 radical (unpaired) electrons. The first-order valence-electron chi connectivity index (χ1n) is 12.5. The Balaban J connectivity index is 1.38. The van der Waals surface area contributed by atoms with Crippen molar-refractivity contribution < 1.29 is 43.2 Å². The number of nitrogens with zero attached hydrogens (tertiary/aromatic N) is 2. The quantitative estimate of drug-likeness (QED) is 0.108. The van der Waals surface area contributed by atoms with E-state index in [0.717, 1.165) is 17.1 Å². The number of nitro benzene ring substituents is 1. The van der Waals surface area contributed by atoms with E-state index in [1.807, 2.05) is 0 Å². The SMILES string of the molecule is C[C@H](NC(=O)CCN1C(=O)C=CC1=O)C(=O)N[C@@H](C)C(=O)Nc1ccc(COC(=O)Oc2ccc([N+](=O)[O-])cc2)cc1. The van der Waals surface area contributed by atoms with Gasteiger partial charge in [-0.3, -0.25) is 39.0 Å². The van der Waals surface area contributed by atoms with Crippen LogP contribution < -0.4 is 20.7 Å². The molecule has 3 N–H and O–H groups in total. The number of anilines is 1. The van der Waals surface area contributed by atoms with Gasteiger partial charge in [-0.15, -0.1) is 0 Å². The first-order valence-corrected chi connectivity index (χ1v) is 12.5. The Kier molecular flexibility index (Phi) is 10.4. The molecule has 2 aromatic carbocycles. The summed E-state index contributed by atoms with van der Waals surface area (Å²) in [5, 5.41) is 18.2. The van der Waals surface area contributed by atoms with Crippen molar-refractivity contribution in [3.63, 3.8) is 0 Å². The van der Waals surface area contributed by atoms with Gasteiger partial charge in [0, 0.05) is 42.9 Å². The Morgan fingerprint density at radius 3 is 2.07 bits per heavy atom. The van der Waals surface area contributed by atoms with Gasteiger partial charge in [0.1, 0.15) is 24.4 Å². The van der Waals surface area contributed by atoms with Gasteiger partial charge in [0.2, 0.25) is 17.7 Å². The monoisotopic (exact) mass is 581 g/mol. The average Bonchev–Trinajstić information content (AvgIpc) is 3.28. The number of nitro groups is 1. The van der Waals surface area contributed by atoms with Gasteiger partial charge >= 0.3 is 6.16 Å². The molecular formula is C27H27N5O10. The third-order valence-corrected chi connectivity index (χ3v) is 5.81. The summed E-state index contributed by atoms with van der Waals surface area (Å²) >= 11 is 0. The van der Waals surface area contributed by atoms with Crippen LogP contribution in [0.2, 0.25) is 0 Å². The van der Waals surface area contributed by atoms with Crippen LogP contribution in [0.3, 0.4) is 0 Å². The number of rotatable bonds is 12. The van der Waals surface area contributed by atoms with Crippen molar-refractivity contribution in [3.8, 4) is 5.75 Å². The summed E-state index contributed by atoms with van der Waals surface area (Å²) in [6.45, 7) is 2.62. The maximum absolute atomic E-state index is 12.5. The molecule has 2 aromatic rings. The molecule has 3 rings (SSSR count). The molecule has 0 aromatic heterocycles. The van der Waals surface area contributed by atoms with Gasteiger partial charge in [-0.05, 0) is 43.7 Å². The lowest BCUT2D eigenvalue weighted by molar-refractivity contribution is -0.384. The topological polar surface area (TPSA) is 203 Å². The second kappa shape index (κ2) is 14.2. The van der Waals surface area contributed by atoms with Crippen LogP contribution in [-0.4, -0.2) is 64.1 Å². The highest BCUT2D eigenvalue weighted by Crippen LogP contribution is 2.18. The van der Waals surface area contributed by atoms with Gasteiger partial charge in [0.05, 0.1) is 4.92 Å². The zero-order valence-corrected chi connectivity index (χ0v) is 22.5. The van der Waals surface area contributed by atoms with Crippen molar-refractivity contribution in [2.24, 2.45) is 0 Å². The zero-order chi connectivity index (χ0) is 30.8. The predicted molar refractivity (Wildman–Crippen MR) is 145 cm³/mol. The van der Waals surface area contributed by atoms with Crippen LogP contribution in [0.25, 0.3) is 0 Å². The van der Waals surface area contributed by atoms with Crippen molar-refractivity contribution >= 4 is 47.1 Å². The summed E-state index contributed by atoms with van der Waals surface area (Å²) in [4.78, 5) is 83.0. The number of hydrogen-bond donors (Lipinski definition) is 3. The first kappa shape index (κ1) is 30.9. The molecule has 0 unspecified atom stereocenters. The molecule has 0 saturated heterocycles. The Morgan fingerprint density at radius 2 is 1.48 bits per heavy atom. The Morgan fingerprint density at radius 1 is 0.881 bits per heavy atom. The number of benzene rings is 2. The number of nitrogens with one attached hydrogen (secondary N) is 3. The smallest absolute Gasteiger partial charge is 0.429 e. The van der Waals surface area contributed by atoms with Crippen LogP contribution in [0, 0.1) is 10.1 Å². The second-order valence-corrected chi connectivity index (χ2v) is 9.01. The average molecular weight is 582 g/mol. The number of amides is 5. The van der Waals surface area contributed by atoms with Crippen LogP contribution in [0.15, 0.2) is 60.7 Å². The summed E-state index contributed by atoms with van der Waals surface area (Å²) in [5.41, 5.74) is 0.829. The molecule has 0 saturated carbocycles. The Labute approximate surface area is 239 Å². The minimum Gasteiger partial charge on any atom is -0.429 e. The van der Waals surface area contributed by atoms with Crippen LogP contribution in [-0.2, 0) is 35.3 Å². The lowest BCUT2D eigenvalue weighted by Gasteiger charge is -2.19. The van der Waals surface area contributed by atoms with Crippen LogP contribution in [0.1, 0.15) is 25.8 Å². The van der Waals surface area contributed by atoms with E-state index >= 15 is 0 Å².